The van der Waals surface area contributed by atoms with Gasteiger partial charge in [-0.3, -0.25) is 4.79 Å². The third-order valence-corrected chi connectivity index (χ3v) is 4.62. The largest absolute Gasteiger partial charge is 0.456 e. The number of ether oxygens (including phenoxy) is 3. The second kappa shape index (κ2) is 11.8. The summed E-state index contributed by atoms with van der Waals surface area (Å²) in [5.74, 6) is -0.180. The van der Waals surface area contributed by atoms with Gasteiger partial charge in [0, 0.05) is 13.0 Å². The molecule has 4 atom stereocenters. The lowest BCUT2D eigenvalue weighted by molar-refractivity contribution is -0.199. The Labute approximate surface area is 141 Å². The summed E-state index contributed by atoms with van der Waals surface area (Å²) in [4.78, 5) is 11.6. The van der Waals surface area contributed by atoms with E-state index in [4.69, 9.17) is 19.9 Å². The lowest BCUT2D eigenvalue weighted by Gasteiger charge is -2.40. The van der Waals surface area contributed by atoms with Crippen LogP contribution < -0.4 is 5.73 Å². The Morgan fingerprint density at radius 2 is 1.78 bits per heavy atom. The molecule has 0 unspecified atom stereocenters. The average molecular weight is 329 g/mol. The van der Waals surface area contributed by atoms with Crippen molar-refractivity contribution in [1.29, 1.82) is 0 Å². The highest BCUT2D eigenvalue weighted by molar-refractivity contribution is 5.71. The maximum Gasteiger partial charge on any atom is 0.320 e. The van der Waals surface area contributed by atoms with Crippen molar-refractivity contribution in [2.45, 2.75) is 83.5 Å². The smallest absolute Gasteiger partial charge is 0.320 e. The van der Waals surface area contributed by atoms with Gasteiger partial charge in [0.25, 0.3) is 0 Å². The predicted molar refractivity (Wildman–Crippen MR) is 91.2 cm³/mol. The van der Waals surface area contributed by atoms with Gasteiger partial charge >= 0.3 is 5.97 Å². The zero-order valence-electron chi connectivity index (χ0n) is 15.1. The van der Waals surface area contributed by atoms with Crippen LogP contribution in [-0.4, -0.2) is 44.5 Å². The first-order valence-corrected chi connectivity index (χ1v) is 9.18. The number of nitrogens with two attached hydrogens (primary N) is 1. The normalized spacial score (nSPS) is 27.8. The Bertz CT molecular complexity index is 324. The molecule has 1 heterocycles. The molecule has 0 saturated carbocycles. The van der Waals surface area contributed by atoms with Gasteiger partial charge in [0.05, 0.1) is 19.3 Å². The van der Waals surface area contributed by atoms with E-state index in [0.29, 0.717) is 6.61 Å². The van der Waals surface area contributed by atoms with E-state index in [1.165, 1.54) is 38.5 Å². The van der Waals surface area contributed by atoms with Gasteiger partial charge in [-0.2, -0.15) is 0 Å². The molecule has 1 aliphatic rings. The molecule has 136 valence electrons. The van der Waals surface area contributed by atoms with Crippen LogP contribution in [0.25, 0.3) is 0 Å². The molecule has 0 amide bonds. The molecule has 0 aliphatic carbocycles. The zero-order chi connectivity index (χ0) is 17.1. The molecule has 0 aromatic carbocycles. The van der Waals surface area contributed by atoms with E-state index in [0.717, 1.165) is 12.8 Å². The van der Waals surface area contributed by atoms with Crippen molar-refractivity contribution >= 4 is 5.97 Å². The summed E-state index contributed by atoms with van der Waals surface area (Å²) in [6.45, 7) is 4.83. The van der Waals surface area contributed by atoms with Crippen LogP contribution in [0, 0.1) is 5.92 Å². The van der Waals surface area contributed by atoms with Gasteiger partial charge in [0.2, 0.25) is 0 Å². The summed E-state index contributed by atoms with van der Waals surface area (Å²) in [7, 11) is 1.67. The van der Waals surface area contributed by atoms with Gasteiger partial charge in [-0.25, -0.2) is 0 Å². The Morgan fingerprint density at radius 3 is 2.39 bits per heavy atom. The number of carbonyl (C=O) groups excluding carboxylic acids is 1. The molecule has 23 heavy (non-hydrogen) atoms. The van der Waals surface area contributed by atoms with Crippen molar-refractivity contribution in [2.75, 3.05) is 20.3 Å². The molecular formula is C18H35NO4. The van der Waals surface area contributed by atoms with Crippen molar-refractivity contribution < 1.29 is 19.0 Å². The first kappa shape index (κ1) is 20.4. The summed E-state index contributed by atoms with van der Waals surface area (Å²) < 4.78 is 17.0. The van der Waals surface area contributed by atoms with Gasteiger partial charge in [-0.05, 0) is 6.42 Å². The molecule has 1 fully saturated rings. The molecule has 5 nitrogen and oxygen atoms in total. The lowest BCUT2D eigenvalue weighted by atomic mass is 9.90. The van der Waals surface area contributed by atoms with Crippen LogP contribution in [0.15, 0.2) is 0 Å². The van der Waals surface area contributed by atoms with E-state index in [1.807, 2.05) is 0 Å². The van der Waals surface area contributed by atoms with E-state index >= 15 is 0 Å². The highest BCUT2D eigenvalue weighted by Crippen LogP contribution is 2.28. The van der Waals surface area contributed by atoms with Crippen LogP contribution in [0.4, 0.5) is 0 Å². The van der Waals surface area contributed by atoms with E-state index in [-0.39, 0.29) is 36.7 Å². The Morgan fingerprint density at radius 1 is 1.13 bits per heavy atom. The van der Waals surface area contributed by atoms with Crippen LogP contribution in [-0.2, 0) is 19.0 Å². The van der Waals surface area contributed by atoms with Crippen molar-refractivity contribution in [3.63, 3.8) is 0 Å². The molecule has 0 spiro atoms. The molecule has 1 saturated heterocycles. The van der Waals surface area contributed by atoms with E-state index in [2.05, 4.69) is 13.8 Å². The summed E-state index contributed by atoms with van der Waals surface area (Å²) >= 11 is 0. The van der Waals surface area contributed by atoms with Crippen molar-refractivity contribution in [2.24, 2.45) is 11.7 Å². The van der Waals surface area contributed by atoms with Crippen molar-refractivity contribution in [3.05, 3.63) is 0 Å². The fourth-order valence-corrected chi connectivity index (χ4v) is 3.26. The highest BCUT2D eigenvalue weighted by Gasteiger charge is 2.40. The summed E-state index contributed by atoms with van der Waals surface area (Å²) in [5.41, 5.74) is 5.38. The predicted octanol–water partition coefficient (Wildman–Crippen LogP) is 3.05. The maximum absolute atomic E-state index is 11.6. The molecule has 5 heteroatoms. The Balaban J connectivity index is 2.41. The number of unbranched alkanes of at least 4 members (excludes halogenated alkanes) is 6. The Kier molecular flexibility index (Phi) is 10.5. The quantitative estimate of drug-likeness (QED) is 0.466. The van der Waals surface area contributed by atoms with Gasteiger partial charge in [0.15, 0.2) is 6.10 Å². The highest BCUT2D eigenvalue weighted by atomic mass is 16.6. The van der Waals surface area contributed by atoms with Gasteiger partial charge < -0.3 is 19.9 Å². The third kappa shape index (κ3) is 7.19. The van der Waals surface area contributed by atoms with Gasteiger partial charge in [0.1, 0.15) is 6.10 Å². The second-order valence-electron chi connectivity index (χ2n) is 6.62. The van der Waals surface area contributed by atoms with Crippen LogP contribution in [0.5, 0.6) is 0 Å². The molecule has 2 N–H and O–H groups in total. The monoisotopic (exact) mass is 329 g/mol. The molecule has 0 bridgehead atoms. The molecule has 1 aliphatic heterocycles. The number of carbonyl (C=O) groups is 1. The van der Waals surface area contributed by atoms with Crippen LogP contribution >= 0.6 is 0 Å². The second-order valence-corrected chi connectivity index (χ2v) is 6.62. The number of esters is 1. The van der Waals surface area contributed by atoms with E-state index in [1.54, 1.807) is 7.11 Å². The van der Waals surface area contributed by atoms with E-state index in [9.17, 15) is 4.79 Å². The fraction of sp³-hybridized carbons (Fsp3) is 0.944. The minimum absolute atomic E-state index is 0.0812. The minimum atomic E-state index is -0.390. The number of rotatable bonds is 11. The number of hydrogen-bond donors (Lipinski definition) is 1. The SMILES string of the molecule is CCCCCCCCC[C@@H]1OC[C@@H](C)[C@H](OC)[C@@H]1OC(=O)CN. The standard InChI is InChI=1S/C18H35NO4/c1-4-5-6-7-8-9-10-11-15-18(23-16(20)12-19)17(21-3)14(2)13-22-15/h14-15,17-18H,4-13,19H2,1-3H3/t14-,15+,17+,18-/m1/s1. The lowest BCUT2D eigenvalue weighted by Crippen LogP contribution is -2.52. The van der Waals surface area contributed by atoms with E-state index < -0.39 is 0 Å². The average Bonchev–Trinajstić information content (AvgIpc) is 2.55. The van der Waals surface area contributed by atoms with Gasteiger partial charge in [-0.15, -0.1) is 0 Å². The number of methoxy groups -OCH3 is 1. The summed E-state index contributed by atoms with van der Waals surface area (Å²) in [6.07, 6.45) is 9.17. The number of hydrogen-bond acceptors (Lipinski definition) is 5. The topological polar surface area (TPSA) is 70.8 Å². The van der Waals surface area contributed by atoms with Crippen LogP contribution in [0.3, 0.4) is 0 Å². The molecule has 0 aromatic heterocycles. The minimum Gasteiger partial charge on any atom is -0.456 e. The van der Waals surface area contributed by atoms with Crippen molar-refractivity contribution in [1.82, 2.24) is 0 Å². The molecule has 0 radical (unpaired) electrons. The van der Waals surface area contributed by atoms with Crippen LogP contribution in [0.2, 0.25) is 0 Å². The fourth-order valence-electron chi connectivity index (χ4n) is 3.26. The summed E-state index contributed by atoms with van der Waals surface area (Å²) in [5, 5.41) is 0. The third-order valence-electron chi connectivity index (χ3n) is 4.62. The van der Waals surface area contributed by atoms with Gasteiger partial charge in [-0.1, -0.05) is 58.8 Å². The van der Waals surface area contributed by atoms with Crippen LogP contribution in [0.1, 0.15) is 65.2 Å². The maximum atomic E-state index is 11.6. The first-order chi connectivity index (χ1) is 11.1. The Hall–Kier alpha value is -0.650. The molecule has 0 aromatic rings. The first-order valence-electron chi connectivity index (χ1n) is 9.18. The summed E-state index contributed by atoms with van der Waals surface area (Å²) in [6, 6.07) is 0. The molecule has 1 rings (SSSR count). The molecular weight excluding hydrogens is 294 g/mol. The zero-order valence-corrected chi connectivity index (χ0v) is 15.1. The van der Waals surface area contributed by atoms with Crippen molar-refractivity contribution in [3.8, 4) is 0 Å².